The number of ether oxygens (including phenoxy) is 1. The molecule has 0 saturated carbocycles. The van der Waals surface area contributed by atoms with E-state index in [2.05, 4.69) is 10.3 Å². The van der Waals surface area contributed by atoms with Crippen molar-refractivity contribution in [1.29, 1.82) is 0 Å². The van der Waals surface area contributed by atoms with Gasteiger partial charge in [0.1, 0.15) is 5.75 Å². The van der Waals surface area contributed by atoms with Crippen LogP contribution in [-0.4, -0.2) is 34.5 Å². The van der Waals surface area contributed by atoms with Crippen LogP contribution >= 0.6 is 0 Å². The van der Waals surface area contributed by atoms with Crippen LogP contribution in [0.15, 0.2) is 54.7 Å². The molecule has 0 aliphatic rings. The minimum Gasteiger partial charge on any atom is -0.493 e. The molecule has 0 unspecified atom stereocenters. The van der Waals surface area contributed by atoms with Gasteiger partial charge in [-0.2, -0.15) is 13.2 Å². The molecule has 1 aromatic heterocycles. The van der Waals surface area contributed by atoms with Crippen molar-refractivity contribution in [2.45, 2.75) is 32.9 Å². The molecule has 0 radical (unpaired) electrons. The second-order valence-electron chi connectivity index (χ2n) is 7.87. The molecule has 3 aromatic rings. The first-order chi connectivity index (χ1) is 17.5. The Morgan fingerprint density at radius 3 is 2.32 bits per heavy atom. The van der Waals surface area contributed by atoms with Gasteiger partial charge in [-0.1, -0.05) is 25.1 Å². The number of anilines is 2. The van der Waals surface area contributed by atoms with Crippen LogP contribution in [0.4, 0.5) is 29.3 Å². The third-order valence-electron chi connectivity index (χ3n) is 5.26. The van der Waals surface area contributed by atoms with E-state index in [1.807, 2.05) is 18.3 Å². The number of carbonyl (C=O) groups excluding carboxylic acids is 2. The van der Waals surface area contributed by atoms with Gasteiger partial charge in [-0.05, 0) is 48.7 Å². The maximum atomic E-state index is 13.6. The predicted molar refractivity (Wildman–Crippen MR) is 131 cm³/mol. The Hall–Kier alpha value is -4.41. The second-order valence-corrected chi connectivity index (χ2v) is 7.87. The van der Waals surface area contributed by atoms with E-state index in [0.717, 1.165) is 29.3 Å². The van der Waals surface area contributed by atoms with Gasteiger partial charge in [0.2, 0.25) is 5.91 Å². The summed E-state index contributed by atoms with van der Waals surface area (Å²) in [7, 11) is 0. The van der Waals surface area contributed by atoms with Gasteiger partial charge in [-0.25, -0.2) is 4.79 Å². The highest BCUT2D eigenvalue weighted by atomic mass is 19.4. The lowest BCUT2D eigenvalue weighted by Crippen LogP contribution is -2.20. The average Bonchev–Trinajstić information content (AvgIpc) is 2.84. The molecule has 0 saturated heterocycles. The Labute approximate surface area is 210 Å². The molecule has 37 heavy (non-hydrogen) atoms. The van der Waals surface area contributed by atoms with Crippen LogP contribution in [0, 0.1) is 0 Å². The number of Topliss-reactive ketones (excluding diaryl/α,β-unsaturated/α-hetero) is 1. The first-order valence-electron chi connectivity index (χ1n) is 11.3. The second kappa shape index (κ2) is 11.5. The number of carboxylic acid groups (broad SMARTS) is 1. The van der Waals surface area contributed by atoms with Crippen LogP contribution in [0.25, 0.3) is 11.1 Å². The Morgan fingerprint density at radius 2 is 1.68 bits per heavy atom. The standard InChI is InChI=1S/C26H24F3N3O5/c1-3-18-11-16(8-9-30-18)15-6-5-7-17(10-15)22(33)14-24(34)31-20-12-19(26(27,28)29)23(37-4-2)13-21(20)32-25(35)36/h5-13,32H,3-4,14H2,1-2H3,(H,31,34)(H,35,36). The highest BCUT2D eigenvalue weighted by Gasteiger charge is 2.36. The Morgan fingerprint density at radius 1 is 0.973 bits per heavy atom. The van der Waals surface area contributed by atoms with E-state index in [4.69, 9.17) is 9.84 Å². The van der Waals surface area contributed by atoms with E-state index in [1.165, 1.54) is 13.0 Å². The van der Waals surface area contributed by atoms with Crippen LogP contribution in [0.1, 0.15) is 41.9 Å². The largest absolute Gasteiger partial charge is 0.493 e. The highest BCUT2D eigenvalue weighted by Crippen LogP contribution is 2.41. The van der Waals surface area contributed by atoms with Crippen molar-refractivity contribution in [2.75, 3.05) is 17.2 Å². The van der Waals surface area contributed by atoms with E-state index in [-0.39, 0.29) is 17.9 Å². The molecule has 3 rings (SSSR count). The quantitative estimate of drug-likeness (QED) is 0.237. The summed E-state index contributed by atoms with van der Waals surface area (Å²) in [6.07, 6.45) is -4.70. The summed E-state index contributed by atoms with van der Waals surface area (Å²) in [5.74, 6) is -2.09. The summed E-state index contributed by atoms with van der Waals surface area (Å²) >= 11 is 0. The number of aromatic nitrogens is 1. The zero-order chi connectivity index (χ0) is 27.2. The predicted octanol–water partition coefficient (Wildman–Crippen LogP) is 6.03. The molecule has 11 heteroatoms. The van der Waals surface area contributed by atoms with Crippen LogP contribution in [0.5, 0.6) is 5.75 Å². The molecule has 1 heterocycles. The Kier molecular flexibility index (Phi) is 8.49. The normalized spacial score (nSPS) is 11.1. The van der Waals surface area contributed by atoms with Gasteiger partial charge < -0.3 is 15.2 Å². The summed E-state index contributed by atoms with van der Waals surface area (Å²) in [4.78, 5) is 40.8. The number of carbonyl (C=O) groups is 3. The molecular weight excluding hydrogens is 491 g/mol. The lowest BCUT2D eigenvalue weighted by atomic mass is 10.00. The molecule has 0 aliphatic carbocycles. The van der Waals surface area contributed by atoms with Gasteiger partial charge in [-0.15, -0.1) is 0 Å². The van der Waals surface area contributed by atoms with Crippen molar-refractivity contribution in [1.82, 2.24) is 4.98 Å². The summed E-state index contributed by atoms with van der Waals surface area (Å²) < 4.78 is 45.7. The van der Waals surface area contributed by atoms with Crippen molar-refractivity contribution in [3.63, 3.8) is 0 Å². The molecule has 8 nitrogen and oxygen atoms in total. The van der Waals surface area contributed by atoms with Crippen molar-refractivity contribution >= 4 is 29.2 Å². The molecule has 2 aromatic carbocycles. The molecular formula is C26H24F3N3O5. The maximum Gasteiger partial charge on any atom is 0.420 e. The molecule has 0 spiro atoms. The number of alkyl halides is 3. The number of nitrogens with zero attached hydrogens (tertiary/aromatic N) is 1. The first kappa shape index (κ1) is 27.2. The zero-order valence-corrected chi connectivity index (χ0v) is 20.0. The van der Waals surface area contributed by atoms with E-state index >= 15 is 0 Å². The molecule has 0 atom stereocenters. The number of halogens is 3. The van der Waals surface area contributed by atoms with Gasteiger partial charge in [0.15, 0.2) is 5.78 Å². The zero-order valence-electron chi connectivity index (χ0n) is 20.0. The number of amides is 2. The third-order valence-corrected chi connectivity index (χ3v) is 5.26. The summed E-state index contributed by atoms with van der Waals surface area (Å²) in [6, 6.07) is 11.7. The van der Waals surface area contributed by atoms with Crippen molar-refractivity contribution < 1.29 is 37.4 Å². The maximum absolute atomic E-state index is 13.6. The van der Waals surface area contributed by atoms with Gasteiger partial charge >= 0.3 is 12.3 Å². The monoisotopic (exact) mass is 515 g/mol. The molecule has 2 amide bonds. The fourth-order valence-electron chi connectivity index (χ4n) is 3.56. The van der Waals surface area contributed by atoms with Gasteiger partial charge in [0.05, 0.1) is 30.0 Å². The summed E-state index contributed by atoms with van der Waals surface area (Å²) in [5, 5.41) is 13.2. The number of rotatable bonds is 9. The molecule has 0 fully saturated rings. The lowest BCUT2D eigenvalue weighted by molar-refractivity contribution is -0.138. The molecule has 0 aliphatic heterocycles. The molecule has 3 N–H and O–H groups in total. The number of hydrogen-bond acceptors (Lipinski definition) is 5. The Balaban J connectivity index is 1.85. The van der Waals surface area contributed by atoms with Crippen LogP contribution in [0.2, 0.25) is 0 Å². The van der Waals surface area contributed by atoms with E-state index in [1.54, 1.807) is 30.5 Å². The summed E-state index contributed by atoms with van der Waals surface area (Å²) in [6.45, 7) is 3.33. The lowest BCUT2D eigenvalue weighted by Gasteiger charge is -2.18. The number of benzene rings is 2. The van der Waals surface area contributed by atoms with E-state index in [0.29, 0.717) is 6.07 Å². The van der Waals surface area contributed by atoms with Crippen molar-refractivity contribution in [3.8, 4) is 16.9 Å². The number of ketones is 1. The molecule has 0 bridgehead atoms. The van der Waals surface area contributed by atoms with Gasteiger partial charge in [0.25, 0.3) is 0 Å². The van der Waals surface area contributed by atoms with E-state index in [9.17, 15) is 27.6 Å². The molecule has 194 valence electrons. The topological polar surface area (TPSA) is 118 Å². The van der Waals surface area contributed by atoms with Crippen molar-refractivity contribution in [3.05, 3.63) is 71.5 Å². The number of pyridine rings is 1. The van der Waals surface area contributed by atoms with Crippen LogP contribution in [0.3, 0.4) is 0 Å². The number of hydrogen-bond donors (Lipinski definition) is 3. The van der Waals surface area contributed by atoms with Crippen LogP contribution < -0.4 is 15.4 Å². The van der Waals surface area contributed by atoms with E-state index < -0.39 is 47.4 Å². The van der Waals surface area contributed by atoms with Gasteiger partial charge in [0, 0.05) is 23.5 Å². The van der Waals surface area contributed by atoms with Gasteiger partial charge in [-0.3, -0.25) is 19.9 Å². The van der Waals surface area contributed by atoms with Crippen LogP contribution in [-0.2, 0) is 17.4 Å². The highest BCUT2D eigenvalue weighted by molar-refractivity contribution is 6.12. The third kappa shape index (κ3) is 7.06. The smallest absolute Gasteiger partial charge is 0.420 e. The first-order valence-corrected chi connectivity index (χ1v) is 11.3. The minimum atomic E-state index is -4.84. The number of nitrogens with one attached hydrogen (secondary N) is 2. The SMILES string of the molecule is CCOc1cc(NC(=O)O)c(NC(=O)CC(=O)c2cccc(-c3ccnc(CC)c3)c2)cc1C(F)(F)F. The fourth-order valence-corrected chi connectivity index (χ4v) is 3.56. The van der Waals surface area contributed by atoms with Crippen molar-refractivity contribution in [2.24, 2.45) is 0 Å². The average molecular weight is 515 g/mol. The minimum absolute atomic E-state index is 0.103. The Bertz CT molecular complexity index is 1330. The fraction of sp³-hybridized carbons (Fsp3) is 0.231. The number of aryl methyl sites for hydroxylation is 1. The summed E-state index contributed by atoms with van der Waals surface area (Å²) in [5.41, 5.74) is 0.664.